The number of aliphatic imine (C=N–C) groups is 1. The van der Waals surface area contributed by atoms with E-state index in [4.69, 9.17) is 0 Å². The van der Waals surface area contributed by atoms with Gasteiger partial charge in [-0.1, -0.05) is 75.9 Å². The molecule has 0 saturated carbocycles. The Morgan fingerprint density at radius 2 is 1.68 bits per heavy atom. The smallest absolute Gasteiger partial charge is 0.0385 e. The van der Waals surface area contributed by atoms with Gasteiger partial charge in [-0.2, -0.15) is 0 Å². The summed E-state index contributed by atoms with van der Waals surface area (Å²) in [5, 5.41) is 0. The zero-order chi connectivity index (χ0) is 13.8. The van der Waals surface area contributed by atoms with Gasteiger partial charge in [0.15, 0.2) is 0 Å². The van der Waals surface area contributed by atoms with Gasteiger partial charge in [0.25, 0.3) is 0 Å². The average molecular weight is 257 g/mol. The lowest BCUT2D eigenvalue weighted by molar-refractivity contribution is 0.612. The van der Waals surface area contributed by atoms with E-state index in [9.17, 15) is 0 Å². The summed E-state index contributed by atoms with van der Waals surface area (Å²) in [7, 11) is 0. The van der Waals surface area contributed by atoms with Crippen LogP contribution in [0.4, 0.5) is 0 Å². The Morgan fingerprint density at radius 3 is 2.37 bits per heavy atom. The van der Waals surface area contributed by atoms with Crippen LogP contribution in [0.2, 0.25) is 0 Å². The van der Waals surface area contributed by atoms with Crippen LogP contribution in [0.3, 0.4) is 0 Å². The van der Waals surface area contributed by atoms with Crippen LogP contribution < -0.4 is 0 Å². The van der Waals surface area contributed by atoms with Crippen LogP contribution in [-0.4, -0.2) is 12.8 Å². The van der Waals surface area contributed by atoms with Crippen LogP contribution >= 0.6 is 0 Å². The van der Waals surface area contributed by atoms with Gasteiger partial charge in [0.1, 0.15) is 0 Å². The largest absolute Gasteiger partial charge is 0.297 e. The molecule has 0 N–H and O–H groups in total. The maximum Gasteiger partial charge on any atom is 0.0385 e. The quantitative estimate of drug-likeness (QED) is 0.398. The molecule has 0 heterocycles. The Hall–Kier alpha value is -1.37. The second-order valence-electron chi connectivity index (χ2n) is 5.01. The Labute approximate surface area is 118 Å². The van der Waals surface area contributed by atoms with Crippen molar-refractivity contribution in [3.63, 3.8) is 0 Å². The molecule has 1 nitrogen and oxygen atoms in total. The van der Waals surface area contributed by atoms with E-state index in [-0.39, 0.29) is 0 Å². The maximum atomic E-state index is 4.48. The van der Waals surface area contributed by atoms with Crippen molar-refractivity contribution in [2.45, 2.75) is 51.9 Å². The molecule has 0 aromatic heterocycles. The standard InChI is InChI=1S/C18H27N/c1-3-5-6-7-8-9-15-19-16-14-18-12-10-17(4-2)11-13-18/h4,10-13,16H,2-3,5-9,14-15H2,1H3. The highest BCUT2D eigenvalue weighted by atomic mass is 14.7. The van der Waals surface area contributed by atoms with Crippen LogP contribution in [0, 0.1) is 0 Å². The van der Waals surface area contributed by atoms with E-state index in [0.717, 1.165) is 13.0 Å². The van der Waals surface area contributed by atoms with Crippen molar-refractivity contribution < 1.29 is 0 Å². The second-order valence-corrected chi connectivity index (χ2v) is 5.01. The van der Waals surface area contributed by atoms with Crippen molar-refractivity contribution in [3.8, 4) is 0 Å². The highest BCUT2D eigenvalue weighted by Crippen LogP contribution is 2.06. The van der Waals surface area contributed by atoms with Crippen LogP contribution in [0.15, 0.2) is 35.8 Å². The molecule has 0 amide bonds. The van der Waals surface area contributed by atoms with Gasteiger partial charge in [0.2, 0.25) is 0 Å². The van der Waals surface area contributed by atoms with Gasteiger partial charge >= 0.3 is 0 Å². The zero-order valence-corrected chi connectivity index (χ0v) is 12.3. The fraction of sp³-hybridized carbons (Fsp3) is 0.500. The minimum absolute atomic E-state index is 0.938. The monoisotopic (exact) mass is 257 g/mol. The van der Waals surface area contributed by atoms with Gasteiger partial charge in [-0.25, -0.2) is 0 Å². The van der Waals surface area contributed by atoms with Crippen LogP contribution in [0.1, 0.15) is 56.6 Å². The molecule has 1 aromatic carbocycles. The second kappa shape index (κ2) is 10.5. The predicted molar refractivity (Wildman–Crippen MR) is 87.0 cm³/mol. The number of benzene rings is 1. The van der Waals surface area contributed by atoms with Crippen molar-refractivity contribution in [1.29, 1.82) is 0 Å². The number of hydrogen-bond acceptors (Lipinski definition) is 1. The summed E-state index contributed by atoms with van der Waals surface area (Å²) in [6.45, 7) is 7.00. The van der Waals surface area contributed by atoms with Gasteiger partial charge in [-0.05, 0) is 17.5 Å². The summed E-state index contributed by atoms with van der Waals surface area (Å²) in [6, 6.07) is 8.50. The van der Waals surface area contributed by atoms with E-state index in [2.05, 4.69) is 49.0 Å². The van der Waals surface area contributed by atoms with E-state index in [1.54, 1.807) is 0 Å². The molecule has 0 atom stereocenters. The number of rotatable bonds is 10. The van der Waals surface area contributed by atoms with Crippen LogP contribution in [0.5, 0.6) is 0 Å². The molecule has 104 valence electrons. The average Bonchev–Trinajstić information content (AvgIpc) is 2.46. The lowest BCUT2D eigenvalue weighted by Gasteiger charge is -1.99. The highest BCUT2D eigenvalue weighted by molar-refractivity contribution is 5.62. The SMILES string of the molecule is C=Cc1ccc(CC=NCCCCCCCC)cc1. The van der Waals surface area contributed by atoms with E-state index in [1.165, 1.54) is 49.7 Å². The first kappa shape index (κ1) is 15.7. The van der Waals surface area contributed by atoms with Gasteiger partial charge in [0.05, 0.1) is 0 Å². The molecule has 0 saturated heterocycles. The van der Waals surface area contributed by atoms with E-state index >= 15 is 0 Å². The van der Waals surface area contributed by atoms with Crippen molar-refractivity contribution in [3.05, 3.63) is 42.0 Å². The molecule has 0 spiro atoms. The van der Waals surface area contributed by atoms with E-state index in [1.807, 2.05) is 6.08 Å². The number of nitrogens with zero attached hydrogens (tertiary/aromatic N) is 1. The molecule has 0 aliphatic rings. The lowest BCUT2D eigenvalue weighted by atomic mass is 10.1. The minimum atomic E-state index is 0.938. The molecule has 0 fully saturated rings. The summed E-state index contributed by atoms with van der Waals surface area (Å²) in [4.78, 5) is 4.48. The van der Waals surface area contributed by atoms with Crippen molar-refractivity contribution in [2.24, 2.45) is 4.99 Å². The third kappa shape index (κ3) is 7.61. The fourth-order valence-electron chi connectivity index (χ4n) is 2.03. The molecule has 1 rings (SSSR count). The Kier molecular flexibility index (Phi) is 8.70. The highest BCUT2D eigenvalue weighted by Gasteiger charge is 1.91. The third-order valence-corrected chi connectivity index (χ3v) is 3.31. The topological polar surface area (TPSA) is 12.4 Å². The molecule has 0 unspecified atom stereocenters. The number of unbranched alkanes of at least 4 members (excludes halogenated alkanes) is 5. The van der Waals surface area contributed by atoms with E-state index in [0.29, 0.717) is 0 Å². The maximum absolute atomic E-state index is 4.48. The van der Waals surface area contributed by atoms with Gasteiger partial charge in [-0.3, -0.25) is 4.99 Å². The summed E-state index contributed by atoms with van der Waals surface area (Å²) < 4.78 is 0. The summed E-state index contributed by atoms with van der Waals surface area (Å²) in [5.41, 5.74) is 2.49. The molecule has 0 bridgehead atoms. The van der Waals surface area contributed by atoms with Crippen molar-refractivity contribution in [2.75, 3.05) is 6.54 Å². The zero-order valence-electron chi connectivity index (χ0n) is 12.3. The fourth-order valence-corrected chi connectivity index (χ4v) is 2.03. The first-order valence-electron chi connectivity index (χ1n) is 7.56. The predicted octanol–water partition coefficient (Wildman–Crippen LogP) is 5.30. The first-order valence-corrected chi connectivity index (χ1v) is 7.56. The normalized spacial score (nSPS) is 11.0. The number of hydrogen-bond donors (Lipinski definition) is 0. The van der Waals surface area contributed by atoms with Gasteiger partial charge in [-0.15, -0.1) is 0 Å². The van der Waals surface area contributed by atoms with Crippen molar-refractivity contribution in [1.82, 2.24) is 0 Å². The summed E-state index contributed by atoms with van der Waals surface area (Å²) in [6.07, 6.45) is 12.9. The Balaban J connectivity index is 2.07. The molecule has 1 heteroatoms. The third-order valence-electron chi connectivity index (χ3n) is 3.31. The molecular formula is C18H27N. The Bertz CT molecular complexity index is 362. The molecule has 19 heavy (non-hydrogen) atoms. The van der Waals surface area contributed by atoms with E-state index < -0.39 is 0 Å². The molecular weight excluding hydrogens is 230 g/mol. The minimum Gasteiger partial charge on any atom is -0.297 e. The van der Waals surface area contributed by atoms with Crippen molar-refractivity contribution >= 4 is 12.3 Å². The molecule has 0 radical (unpaired) electrons. The van der Waals surface area contributed by atoms with Gasteiger partial charge < -0.3 is 0 Å². The Morgan fingerprint density at radius 1 is 1.00 bits per heavy atom. The molecule has 1 aromatic rings. The van der Waals surface area contributed by atoms with Crippen LogP contribution in [-0.2, 0) is 6.42 Å². The lowest BCUT2D eigenvalue weighted by Crippen LogP contribution is -1.89. The van der Waals surface area contributed by atoms with Crippen LogP contribution in [0.25, 0.3) is 6.08 Å². The molecule has 0 aliphatic heterocycles. The summed E-state index contributed by atoms with van der Waals surface area (Å²) >= 11 is 0. The summed E-state index contributed by atoms with van der Waals surface area (Å²) in [5.74, 6) is 0. The van der Waals surface area contributed by atoms with Gasteiger partial charge in [0, 0.05) is 19.2 Å². The molecule has 0 aliphatic carbocycles. The first-order chi connectivity index (χ1) is 9.36.